The molecular weight excluding hydrogens is 341 g/mol. The molecule has 0 bridgehead atoms. The molecule has 1 aromatic carbocycles. The van der Waals surface area contributed by atoms with Gasteiger partial charge < -0.3 is 14.7 Å². The highest BCUT2D eigenvalue weighted by atomic mass is 32.3. The maximum atomic E-state index is 12.8. The molecular formula is C15H18FNO6S. The Morgan fingerprint density at radius 3 is 2.79 bits per heavy atom. The number of methoxy groups -OCH3 is 1. The van der Waals surface area contributed by atoms with Crippen LogP contribution in [0.3, 0.4) is 0 Å². The Hall–Kier alpha value is -2.16. The number of hydrogen-bond donors (Lipinski definition) is 1. The number of amides is 1. The maximum Gasteiger partial charge on any atom is 0.326 e. The summed E-state index contributed by atoms with van der Waals surface area (Å²) in [7, 11) is -3.23. The van der Waals surface area contributed by atoms with Crippen molar-refractivity contribution in [3.05, 3.63) is 29.8 Å². The summed E-state index contributed by atoms with van der Waals surface area (Å²) in [6, 6.07) is 5.65. The highest BCUT2D eigenvalue weighted by molar-refractivity contribution is 7.86. The van der Waals surface area contributed by atoms with Crippen LogP contribution in [0.5, 0.6) is 5.75 Å². The molecule has 2 atom stereocenters. The van der Waals surface area contributed by atoms with Gasteiger partial charge in [-0.05, 0) is 17.7 Å². The summed E-state index contributed by atoms with van der Waals surface area (Å²) < 4.78 is 39.4. The van der Waals surface area contributed by atoms with Gasteiger partial charge in [-0.3, -0.25) is 4.79 Å². The van der Waals surface area contributed by atoms with Crippen molar-refractivity contribution in [3.8, 4) is 5.75 Å². The standard InChI is InChI=1S/C15H18FNO6S/c1-23-12-4-2-3-10(5-12)6-13(15(19)20)17-8-11(7-14(17)18)9-24(16,21)22/h2-5,11,13H,6-9H2,1H3,(H,19,20). The van der Waals surface area contributed by atoms with E-state index >= 15 is 0 Å². The van der Waals surface area contributed by atoms with Crippen molar-refractivity contribution in [1.29, 1.82) is 0 Å². The predicted octanol–water partition coefficient (Wildman–Crippen LogP) is 0.839. The molecule has 2 rings (SSSR count). The minimum Gasteiger partial charge on any atom is -0.497 e. The molecule has 1 N–H and O–H groups in total. The van der Waals surface area contributed by atoms with E-state index in [1.54, 1.807) is 24.3 Å². The largest absolute Gasteiger partial charge is 0.497 e. The zero-order valence-corrected chi connectivity index (χ0v) is 13.8. The summed E-state index contributed by atoms with van der Waals surface area (Å²) in [6.45, 7) is -0.0943. The normalized spacial score (nSPS) is 19.3. The highest BCUT2D eigenvalue weighted by Gasteiger charge is 2.39. The van der Waals surface area contributed by atoms with E-state index < -0.39 is 39.8 Å². The lowest BCUT2D eigenvalue weighted by atomic mass is 10.0. The van der Waals surface area contributed by atoms with Crippen molar-refractivity contribution in [2.75, 3.05) is 19.4 Å². The number of carboxylic acids is 1. The van der Waals surface area contributed by atoms with Gasteiger partial charge in [0.15, 0.2) is 0 Å². The van der Waals surface area contributed by atoms with Gasteiger partial charge in [0.2, 0.25) is 5.91 Å². The van der Waals surface area contributed by atoms with E-state index in [1.165, 1.54) is 7.11 Å². The summed E-state index contributed by atoms with van der Waals surface area (Å²) in [4.78, 5) is 24.7. The van der Waals surface area contributed by atoms with Crippen LogP contribution < -0.4 is 4.74 Å². The molecule has 0 aromatic heterocycles. The van der Waals surface area contributed by atoms with Gasteiger partial charge in [0.1, 0.15) is 11.8 Å². The van der Waals surface area contributed by atoms with E-state index in [0.717, 1.165) is 4.90 Å². The Morgan fingerprint density at radius 2 is 2.21 bits per heavy atom. The van der Waals surface area contributed by atoms with Crippen LogP contribution in [0.15, 0.2) is 24.3 Å². The second kappa shape index (κ2) is 7.16. The topological polar surface area (TPSA) is 101 Å². The summed E-state index contributed by atoms with van der Waals surface area (Å²) >= 11 is 0. The van der Waals surface area contributed by atoms with Crippen LogP contribution in [0.4, 0.5) is 3.89 Å². The molecule has 0 aliphatic carbocycles. The number of carboxylic acid groups (broad SMARTS) is 1. The molecule has 0 spiro atoms. The number of carbonyl (C=O) groups excluding carboxylic acids is 1. The van der Waals surface area contributed by atoms with E-state index in [4.69, 9.17) is 4.74 Å². The molecule has 24 heavy (non-hydrogen) atoms. The number of ether oxygens (including phenoxy) is 1. The third kappa shape index (κ3) is 4.67. The van der Waals surface area contributed by atoms with Crippen molar-refractivity contribution in [1.82, 2.24) is 4.90 Å². The summed E-state index contributed by atoms with van der Waals surface area (Å²) in [5.74, 6) is -2.64. The van der Waals surface area contributed by atoms with E-state index in [2.05, 4.69) is 0 Å². The van der Waals surface area contributed by atoms with Gasteiger partial charge in [-0.25, -0.2) is 4.79 Å². The lowest BCUT2D eigenvalue weighted by Gasteiger charge is -2.25. The van der Waals surface area contributed by atoms with E-state index in [1.807, 2.05) is 0 Å². The molecule has 132 valence electrons. The minimum atomic E-state index is -4.71. The van der Waals surface area contributed by atoms with Crippen LogP contribution in [0.2, 0.25) is 0 Å². The van der Waals surface area contributed by atoms with Gasteiger partial charge in [0.25, 0.3) is 0 Å². The number of hydrogen-bond acceptors (Lipinski definition) is 5. The first-order valence-electron chi connectivity index (χ1n) is 7.27. The number of rotatable bonds is 7. The van der Waals surface area contributed by atoms with Gasteiger partial charge in [-0.2, -0.15) is 8.42 Å². The average Bonchev–Trinajstić information content (AvgIpc) is 2.82. The number of aliphatic carboxylic acids is 1. The van der Waals surface area contributed by atoms with Crippen LogP contribution in [-0.2, 0) is 26.2 Å². The zero-order valence-electron chi connectivity index (χ0n) is 13.0. The smallest absolute Gasteiger partial charge is 0.326 e. The number of benzene rings is 1. The fraction of sp³-hybridized carbons (Fsp3) is 0.467. The Labute approximate surface area is 139 Å². The first kappa shape index (κ1) is 18.2. The van der Waals surface area contributed by atoms with Crippen molar-refractivity contribution >= 4 is 22.1 Å². The molecule has 0 radical (unpaired) electrons. The number of likely N-dealkylation sites (tertiary alicyclic amines) is 1. The fourth-order valence-electron chi connectivity index (χ4n) is 2.86. The fourth-order valence-corrected chi connectivity index (χ4v) is 3.64. The summed E-state index contributed by atoms with van der Waals surface area (Å²) in [5, 5.41) is 9.44. The molecule has 9 heteroatoms. The Bertz CT molecular complexity index is 735. The second-order valence-corrected chi connectivity index (χ2v) is 7.14. The Kier molecular flexibility index (Phi) is 5.43. The number of halogens is 1. The van der Waals surface area contributed by atoms with Crippen LogP contribution in [0.25, 0.3) is 0 Å². The van der Waals surface area contributed by atoms with E-state index in [0.29, 0.717) is 11.3 Å². The van der Waals surface area contributed by atoms with Gasteiger partial charge in [0.05, 0.1) is 12.9 Å². The summed E-state index contributed by atoms with van der Waals surface area (Å²) in [6.07, 6.45) is -0.127. The van der Waals surface area contributed by atoms with Gasteiger partial charge in [0, 0.05) is 25.3 Å². The molecule has 1 heterocycles. The lowest BCUT2D eigenvalue weighted by Crippen LogP contribution is -2.43. The molecule has 1 amide bonds. The molecule has 1 aliphatic rings. The van der Waals surface area contributed by atoms with Crippen molar-refractivity contribution in [3.63, 3.8) is 0 Å². The second-order valence-electron chi connectivity index (χ2n) is 5.73. The number of nitrogens with zero attached hydrogens (tertiary/aromatic N) is 1. The molecule has 1 aliphatic heterocycles. The molecule has 2 unspecified atom stereocenters. The van der Waals surface area contributed by atoms with Crippen LogP contribution in [0.1, 0.15) is 12.0 Å². The first-order valence-corrected chi connectivity index (χ1v) is 8.82. The minimum absolute atomic E-state index is 0.0490. The molecule has 1 aromatic rings. The monoisotopic (exact) mass is 359 g/mol. The van der Waals surface area contributed by atoms with Crippen LogP contribution in [-0.4, -0.2) is 55.7 Å². The quantitative estimate of drug-likeness (QED) is 0.724. The molecule has 0 saturated carbocycles. The number of carbonyl (C=O) groups is 2. The van der Waals surface area contributed by atoms with Crippen LogP contribution >= 0.6 is 0 Å². The van der Waals surface area contributed by atoms with E-state index in [-0.39, 0.29) is 19.4 Å². The predicted molar refractivity (Wildman–Crippen MR) is 82.8 cm³/mol. The van der Waals surface area contributed by atoms with Crippen molar-refractivity contribution in [2.45, 2.75) is 18.9 Å². The maximum absolute atomic E-state index is 12.8. The van der Waals surface area contributed by atoms with Crippen molar-refractivity contribution < 1.29 is 31.7 Å². The Balaban J connectivity index is 2.15. The summed E-state index contributed by atoms with van der Waals surface area (Å²) in [5.41, 5.74) is 0.663. The SMILES string of the molecule is COc1cccc(CC(C(=O)O)N2CC(CS(=O)(=O)F)CC2=O)c1. The zero-order chi connectivity index (χ0) is 17.9. The lowest BCUT2D eigenvalue weighted by molar-refractivity contribution is -0.148. The van der Waals surface area contributed by atoms with Crippen LogP contribution in [0, 0.1) is 5.92 Å². The molecule has 1 saturated heterocycles. The van der Waals surface area contributed by atoms with Gasteiger partial charge >= 0.3 is 16.2 Å². The third-order valence-corrected chi connectivity index (χ3v) is 4.77. The van der Waals surface area contributed by atoms with Gasteiger partial charge in [-0.15, -0.1) is 3.89 Å². The third-order valence-electron chi connectivity index (χ3n) is 3.90. The van der Waals surface area contributed by atoms with Gasteiger partial charge in [-0.1, -0.05) is 12.1 Å². The average molecular weight is 359 g/mol. The van der Waals surface area contributed by atoms with Crippen molar-refractivity contribution in [2.24, 2.45) is 5.92 Å². The molecule has 7 nitrogen and oxygen atoms in total. The van der Waals surface area contributed by atoms with E-state index in [9.17, 15) is 27.0 Å². The molecule has 1 fully saturated rings. The highest BCUT2D eigenvalue weighted by Crippen LogP contribution is 2.25. The Morgan fingerprint density at radius 1 is 1.50 bits per heavy atom. The first-order chi connectivity index (χ1) is 11.2.